The Morgan fingerprint density at radius 3 is 2.21 bits per heavy atom. The molecular formula is C16H24N2S. The summed E-state index contributed by atoms with van der Waals surface area (Å²) in [6, 6.07) is 10.9. The molecule has 2 nitrogen and oxygen atoms in total. The highest BCUT2D eigenvalue weighted by Crippen LogP contribution is 2.26. The predicted molar refractivity (Wildman–Crippen MR) is 83.3 cm³/mol. The van der Waals surface area contributed by atoms with Crippen LogP contribution in [0.3, 0.4) is 0 Å². The maximum atomic E-state index is 8.84. The first kappa shape index (κ1) is 16.1. The van der Waals surface area contributed by atoms with E-state index in [9.17, 15) is 0 Å². The fourth-order valence-corrected chi connectivity index (χ4v) is 2.59. The van der Waals surface area contributed by atoms with E-state index in [1.54, 1.807) is 6.92 Å². The van der Waals surface area contributed by atoms with Crippen molar-refractivity contribution in [1.29, 1.82) is 5.26 Å². The van der Waals surface area contributed by atoms with Crippen LogP contribution in [0.4, 0.5) is 0 Å². The maximum absolute atomic E-state index is 8.84. The van der Waals surface area contributed by atoms with Gasteiger partial charge in [0.2, 0.25) is 0 Å². The van der Waals surface area contributed by atoms with E-state index in [1.165, 1.54) is 10.5 Å². The topological polar surface area (TPSA) is 49.8 Å². The molecule has 1 aromatic carbocycles. The molecule has 0 spiro atoms. The third-order valence-corrected chi connectivity index (χ3v) is 4.18. The Labute approximate surface area is 121 Å². The number of nitrogens with two attached hydrogens (primary N) is 1. The molecule has 1 unspecified atom stereocenters. The molecule has 0 aromatic heterocycles. The Hall–Kier alpha value is -0.980. The van der Waals surface area contributed by atoms with Gasteiger partial charge in [0.05, 0.1) is 6.07 Å². The molecular weight excluding hydrogens is 252 g/mol. The van der Waals surface area contributed by atoms with Crippen LogP contribution < -0.4 is 5.73 Å². The summed E-state index contributed by atoms with van der Waals surface area (Å²) in [4.78, 5) is 1.28. The quantitative estimate of drug-likeness (QED) is 0.650. The van der Waals surface area contributed by atoms with Crippen molar-refractivity contribution in [2.75, 3.05) is 5.75 Å². The second kappa shape index (κ2) is 6.45. The molecule has 0 saturated carbocycles. The average molecular weight is 276 g/mol. The van der Waals surface area contributed by atoms with Crippen LogP contribution in [0.15, 0.2) is 29.2 Å². The number of hydrogen-bond donors (Lipinski definition) is 1. The number of thioether (sulfide) groups is 1. The molecule has 1 aromatic rings. The lowest BCUT2D eigenvalue weighted by molar-refractivity contribution is 0.540. The van der Waals surface area contributed by atoms with Crippen LogP contribution in [0, 0.1) is 11.3 Å². The van der Waals surface area contributed by atoms with Crippen LogP contribution in [0.2, 0.25) is 0 Å². The van der Waals surface area contributed by atoms with Gasteiger partial charge in [-0.1, -0.05) is 32.9 Å². The van der Waals surface area contributed by atoms with Crippen molar-refractivity contribution < 1.29 is 0 Å². The van der Waals surface area contributed by atoms with Crippen LogP contribution in [-0.4, -0.2) is 11.3 Å². The van der Waals surface area contributed by atoms with Gasteiger partial charge in [-0.15, -0.1) is 11.8 Å². The summed E-state index contributed by atoms with van der Waals surface area (Å²) in [7, 11) is 0. The summed E-state index contributed by atoms with van der Waals surface area (Å²) in [6.07, 6.45) is 1.71. The zero-order chi connectivity index (χ0) is 14.5. The van der Waals surface area contributed by atoms with Crippen molar-refractivity contribution >= 4 is 11.8 Å². The third-order valence-electron chi connectivity index (χ3n) is 3.08. The van der Waals surface area contributed by atoms with Gasteiger partial charge in [-0.2, -0.15) is 5.26 Å². The summed E-state index contributed by atoms with van der Waals surface area (Å²) in [5, 5.41) is 8.84. The minimum atomic E-state index is -0.684. The zero-order valence-corrected chi connectivity index (χ0v) is 13.2. The first-order valence-corrected chi connectivity index (χ1v) is 7.67. The first-order chi connectivity index (χ1) is 8.74. The van der Waals surface area contributed by atoms with Gasteiger partial charge in [-0.3, -0.25) is 0 Å². The van der Waals surface area contributed by atoms with Gasteiger partial charge >= 0.3 is 0 Å². The smallest absolute Gasteiger partial charge is 0.101 e. The lowest BCUT2D eigenvalue weighted by atomic mass is 9.87. The van der Waals surface area contributed by atoms with Crippen LogP contribution >= 0.6 is 11.8 Å². The number of nitriles is 1. The summed E-state index contributed by atoms with van der Waals surface area (Å²) >= 11 is 1.83. The maximum Gasteiger partial charge on any atom is 0.101 e. The summed E-state index contributed by atoms with van der Waals surface area (Å²) < 4.78 is 0. The molecule has 0 fully saturated rings. The Morgan fingerprint density at radius 2 is 1.74 bits per heavy atom. The van der Waals surface area contributed by atoms with Gasteiger partial charge in [0.1, 0.15) is 5.54 Å². The fourth-order valence-electron chi connectivity index (χ4n) is 1.74. The van der Waals surface area contributed by atoms with Gasteiger partial charge in [0, 0.05) is 4.90 Å². The summed E-state index contributed by atoms with van der Waals surface area (Å²) in [5.41, 5.74) is 6.67. The van der Waals surface area contributed by atoms with E-state index in [-0.39, 0.29) is 5.41 Å². The lowest BCUT2D eigenvalue weighted by Crippen LogP contribution is -2.33. The summed E-state index contributed by atoms with van der Waals surface area (Å²) in [5.74, 6) is 1.00. The average Bonchev–Trinajstić information content (AvgIpc) is 2.34. The van der Waals surface area contributed by atoms with Crippen molar-refractivity contribution in [1.82, 2.24) is 0 Å². The zero-order valence-electron chi connectivity index (χ0n) is 12.4. The monoisotopic (exact) mass is 276 g/mol. The normalized spacial score (nSPS) is 14.7. The lowest BCUT2D eigenvalue weighted by Gasteiger charge is -2.19. The van der Waals surface area contributed by atoms with Gasteiger partial charge < -0.3 is 5.73 Å². The largest absolute Gasteiger partial charge is 0.314 e. The molecule has 0 amide bonds. The molecule has 3 heteroatoms. The molecule has 0 aliphatic rings. The van der Waals surface area contributed by atoms with E-state index >= 15 is 0 Å². The molecule has 1 atom stereocenters. The number of nitrogens with zero attached hydrogens (tertiary/aromatic N) is 1. The van der Waals surface area contributed by atoms with Crippen LogP contribution in [-0.2, 0) is 5.41 Å². The third kappa shape index (κ3) is 5.67. The van der Waals surface area contributed by atoms with Gasteiger partial charge in [-0.25, -0.2) is 0 Å². The highest BCUT2D eigenvalue weighted by Gasteiger charge is 2.16. The van der Waals surface area contributed by atoms with Gasteiger partial charge in [-0.05, 0) is 48.6 Å². The minimum absolute atomic E-state index is 0.206. The minimum Gasteiger partial charge on any atom is -0.314 e. The molecule has 19 heavy (non-hydrogen) atoms. The molecule has 0 heterocycles. The van der Waals surface area contributed by atoms with E-state index in [0.29, 0.717) is 0 Å². The number of rotatable bonds is 5. The molecule has 0 aliphatic heterocycles. The van der Waals surface area contributed by atoms with Crippen molar-refractivity contribution in [3.63, 3.8) is 0 Å². The molecule has 0 radical (unpaired) electrons. The van der Waals surface area contributed by atoms with E-state index in [2.05, 4.69) is 51.1 Å². The Bertz CT molecular complexity index is 435. The van der Waals surface area contributed by atoms with Gasteiger partial charge in [0.25, 0.3) is 0 Å². The SMILES string of the molecule is CC(N)(C#N)CCCSc1ccc(C(C)(C)C)cc1. The van der Waals surface area contributed by atoms with E-state index in [0.717, 1.165) is 18.6 Å². The standard InChI is InChI=1S/C16H24N2S/c1-15(2,3)13-6-8-14(9-7-13)19-11-5-10-16(4,18)12-17/h6-9H,5,10-11,18H2,1-4H3. The molecule has 0 aliphatic carbocycles. The molecule has 0 bridgehead atoms. The highest BCUT2D eigenvalue weighted by molar-refractivity contribution is 7.99. The van der Waals surface area contributed by atoms with Gasteiger partial charge in [0.15, 0.2) is 0 Å². The first-order valence-electron chi connectivity index (χ1n) is 6.68. The Morgan fingerprint density at radius 1 is 1.16 bits per heavy atom. The highest BCUT2D eigenvalue weighted by atomic mass is 32.2. The predicted octanol–water partition coefficient (Wildman–Crippen LogP) is 4.10. The molecule has 1 rings (SSSR count). The van der Waals surface area contributed by atoms with Crippen LogP contribution in [0.1, 0.15) is 46.1 Å². The second-order valence-electron chi connectivity index (χ2n) is 6.26. The molecule has 2 N–H and O–H groups in total. The van der Waals surface area contributed by atoms with E-state index in [1.807, 2.05) is 11.8 Å². The van der Waals surface area contributed by atoms with Crippen LogP contribution in [0.5, 0.6) is 0 Å². The van der Waals surface area contributed by atoms with Crippen molar-refractivity contribution in [2.45, 2.75) is 56.4 Å². The fraction of sp³-hybridized carbons (Fsp3) is 0.562. The number of benzene rings is 1. The number of hydrogen-bond acceptors (Lipinski definition) is 3. The Kier molecular flexibility index (Phi) is 5.46. The second-order valence-corrected chi connectivity index (χ2v) is 7.42. The van der Waals surface area contributed by atoms with Crippen molar-refractivity contribution in [2.24, 2.45) is 5.73 Å². The van der Waals surface area contributed by atoms with Crippen LogP contribution in [0.25, 0.3) is 0 Å². The Balaban J connectivity index is 2.41. The molecule has 104 valence electrons. The van der Waals surface area contributed by atoms with Crippen molar-refractivity contribution in [3.8, 4) is 6.07 Å². The van der Waals surface area contributed by atoms with E-state index < -0.39 is 5.54 Å². The molecule has 0 saturated heterocycles. The van der Waals surface area contributed by atoms with Crippen molar-refractivity contribution in [3.05, 3.63) is 29.8 Å². The van der Waals surface area contributed by atoms with E-state index in [4.69, 9.17) is 11.0 Å². The summed E-state index contributed by atoms with van der Waals surface area (Å²) in [6.45, 7) is 8.45.